The molecule has 1 atom stereocenters. The Balaban J connectivity index is 1.92. The zero-order chi connectivity index (χ0) is 21.3. The molecule has 0 aliphatic heterocycles. The molecule has 29 heavy (non-hydrogen) atoms. The summed E-state index contributed by atoms with van der Waals surface area (Å²) >= 11 is 0. The number of benzene rings is 2. The van der Waals surface area contributed by atoms with E-state index in [1.165, 1.54) is 0 Å². The molecule has 0 saturated heterocycles. The lowest BCUT2D eigenvalue weighted by Gasteiger charge is -2.28. The number of carbonyl (C=O) groups is 2. The van der Waals surface area contributed by atoms with Gasteiger partial charge in [-0.3, -0.25) is 9.59 Å². The Kier molecular flexibility index (Phi) is 5.55. The average molecular weight is 390 g/mol. The maximum absolute atomic E-state index is 13.1. The van der Waals surface area contributed by atoms with Crippen molar-refractivity contribution < 1.29 is 9.59 Å². The summed E-state index contributed by atoms with van der Waals surface area (Å²) in [4.78, 5) is 34.3. The van der Waals surface area contributed by atoms with Gasteiger partial charge in [0.2, 0.25) is 0 Å². The van der Waals surface area contributed by atoms with Crippen molar-refractivity contribution in [2.75, 3.05) is 14.1 Å². The van der Waals surface area contributed by atoms with Gasteiger partial charge in [0.25, 0.3) is 11.8 Å². The van der Waals surface area contributed by atoms with E-state index in [0.29, 0.717) is 16.7 Å². The molecule has 0 aliphatic carbocycles. The number of nitrogens with one attached hydrogen (secondary N) is 2. The van der Waals surface area contributed by atoms with Crippen LogP contribution >= 0.6 is 0 Å². The summed E-state index contributed by atoms with van der Waals surface area (Å²) in [5, 5.41) is 2.68. The van der Waals surface area contributed by atoms with Crippen molar-refractivity contribution in [2.45, 2.75) is 26.8 Å². The molecular formula is C23H26N4O2. The van der Waals surface area contributed by atoms with Gasteiger partial charge in [-0.2, -0.15) is 0 Å². The van der Waals surface area contributed by atoms with Crippen LogP contribution in [0.15, 0.2) is 43.2 Å². The highest BCUT2D eigenvalue weighted by atomic mass is 16.2. The number of aryl methyl sites for hydroxylation is 2. The number of H-pyrrole nitrogens is 1. The molecule has 3 aromatic rings. The molecule has 1 heterocycles. The molecule has 150 valence electrons. The van der Waals surface area contributed by atoms with Gasteiger partial charge in [-0.25, -0.2) is 4.98 Å². The molecule has 1 aromatic heterocycles. The maximum atomic E-state index is 13.1. The number of fused-ring (bicyclic) bond motifs is 1. The lowest BCUT2D eigenvalue weighted by atomic mass is 9.91. The first-order chi connectivity index (χ1) is 13.7. The number of imidazole rings is 1. The molecule has 2 amide bonds. The smallest absolute Gasteiger partial charge is 0.254 e. The maximum Gasteiger partial charge on any atom is 0.254 e. The number of hydrogen-bond acceptors (Lipinski definition) is 3. The summed E-state index contributed by atoms with van der Waals surface area (Å²) in [5.74, 6) is -0.296. The van der Waals surface area contributed by atoms with E-state index >= 15 is 0 Å². The molecule has 6 heteroatoms. The summed E-state index contributed by atoms with van der Waals surface area (Å²) in [6.07, 6.45) is 1.60. The molecule has 6 nitrogen and oxygen atoms in total. The Morgan fingerprint density at radius 3 is 2.45 bits per heavy atom. The third kappa shape index (κ3) is 3.78. The number of aromatic amines is 1. The molecule has 0 spiro atoms. The van der Waals surface area contributed by atoms with E-state index < -0.39 is 0 Å². The van der Waals surface area contributed by atoms with Gasteiger partial charge < -0.3 is 15.2 Å². The number of hydrogen-bond donors (Lipinski definition) is 2. The van der Waals surface area contributed by atoms with Crippen LogP contribution in [0, 0.1) is 13.8 Å². The summed E-state index contributed by atoms with van der Waals surface area (Å²) in [6, 6.07) is 8.92. The van der Waals surface area contributed by atoms with E-state index in [1.54, 1.807) is 37.5 Å². The second-order valence-corrected chi connectivity index (χ2v) is 7.31. The fourth-order valence-electron chi connectivity index (χ4n) is 3.31. The van der Waals surface area contributed by atoms with Crippen LogP contribution in [0.5, 0.6) is 0 Å². The second kappa shape index (κ2) is 7.91. The molecule has 3 rings (SSSR count). The van der Waals surface area contributed by atoms with Crippen molar-refractivity contribution in [2.24, 2.45) is 0 Å². The van der Waals surface area contributed by atoms with Crippen molar-refractivity contribution in [3.63, 3.8) is 0 Å². The van der Waals surface area contributed by atoms with Crippen molar-refractivity contribution in [3.05, 3.63) is 71.1 Å². The van der Waals surface area contributed by atoms with Crippen LogP contribution in [0.4, 0.5) is 0 Å². The van der Waals surface area contributed by atoms with Crippen molar-refractivity contribution in [3.8, 4) is 0 Å². The highest BCUT2D eigenvalue weighted by molar-refractivity contribution is 6.01. The van der Waals surface area contributed by atoms with Crippen LogP contribution in [0.2, 0.25) is 0 Å². The van der Waals surface area contributed by atoms with Gasteiger partial charge >= 0.3 is 0 Å². The Bertz CT molecular complexity index is 1110. The number of aromatic nitrogens is 2. The van der Waals surface area contributed by atoms with Gasteiger partial charge in [-0.15, -0.1) is 0 Å². The lowest BCUT2D eigenvalue weighted by molar-refractivity contribution is 0.0774. The fourth-order valence-corrected chi connectivity index (χ4v) is 3.31. The molecule has 0 radical (unpaired) electrons. The van der Waals surface area contributed by atoms with Crippen molar-refractivity contribution in [1.29, 1.82) is 0 Å². The van der Waals surface area contributed by atoms with Gasteiger partial charge in [0.15, 0.2) is 0 Å². The summed E-state index contributed by atoms with van der Waals surface area (Å²) in [7, 11) is 3.35. The quantitative estimate of drug-likeness (QED) is 0.697. The zero-order valence-corrected chi connectivity index (χ0v) is 17.5. The van der Waals surface area contributed by atoms with Crippen LogP contribution < -0.4 is 5.32 Å². The van der Waals surface area contributed by atoms with Gasteiger partial charge in [-0.1, -0.05) is 12.6 Å². The van der Waals surface area contributed by atoms with E-state index in [9.17, 15) is 9.59 Å². The van der Waals surface area contributed by atoms with Crippen LogP contribution in [-0.2, 0) is 0 Å². The molecule has 1 unspecified atom stereocenters. The Morgan fingerprint density at radius 1 is 1.14 bits per heavy atom. The van der Waals surface area contributed by atoms with Crippen LogP contribution in [0.25, 0.3) is 16.6 Å². The molecule has 0 aliphatic rings. The number of amides is 2. The summed E-state index contributed by atoms with van der Waals surface area (Å²) < 4.78 is 0. The Hall–Kier alpha value is -3.41. The van der Waals surface area contributed by atoms with Gasteiger partial charge in [0.05, 0.1) is 23.4 Å². The molecule has 0 saturated carbocycles. The number of likely N-dealkylation sites (N-methyl/N-ethyl adjacent to an activating group) is 1. The standard InChI is InChI=1S/C23H26N4O2/c1-13-9-18(19(10-14(13)2)22(28)24-5)15(3)16(4)27(6)23(29)17-7-8-20-21(11-17)26-12-25-20/h7-12,16H,3H2,1-2,4-6H3,(H,24,28)(H,25,26). The minimum absolute atomic E-state index is 0.125. The number of nitrogens with zero attached hydrogens (tertiary/aromatic N) is 2. The Morgan fingerprint density at radius 2 is 1.79 bits per heavy atom. The van der Waals surface area contributed by atoms with E-state index in [2.05, 4.69) is 21.9 Å². The van der Waals surface area contributed by atoms with Gasteiger partial charge in [-0.05, 0) is 67.3 Å². The molecule has 0 fully saturated rings. The second-order valence-electron chi connectivity index (χ2n) is 7.31. The minimum atomic E-state index is -0.300. The largest absolute Gasteiger partial charge is 0.355 e. The van der Waals surface area contributed by atoms with Gasteiger partial charge in [0.1, 0.15) is 0 Å². The van der Waals surface area contributed by atoms with E-state index in [0.717, 1.165) is 27.7 Å². The van der Waals surface area contributed by atoms with Crippen LogP contribution in [0.3, 0.4) is 0 Å². The third-order valence-corrected chi connectivity index (χ3v) is 5.52. The molecular weight excluding hydrogens is 364 g/mol. The molecule has 0 bridgehead atoms. The summed E-state index contributed by atoms with van der Waals surface area (Å²) in [5.41, 5.74) is 6.32. The normalized spacial score (nSPS) is 11.9. The minimum Gasteiger partial charge on any atom is -0.355 e. The van der Waals surface area contributed by atoms with Crippen LogP contribution in [-0.4, -0.2) is 46.8 Å². The topological polar surface area (TPSA) is 78.1 Å². The first kappa shape index (κ1) is 20.3. The van der Waals surface area contributed by atoms with E-state index in [4.69, 9.17) is 0 Å². The predicted octanol–water partition coefficient (Wildman–Crippen LogP) is 3.71. The zero-order valence-electron chi connectivity index (χ0n) is 17.5. The van der Waals surface area contributed by atoms with Crippen molar-refractivity contribution >= 4 is 28.4 Å². The summed E-state index contributed by atoms with van der Waals surface area (Å²) in [6.45, 7) is 10.1. The predicted molar refractivity (Wildman–Crippen MR) is 116 cm³/mol. The van der Waals surface area contributed by atoms with Gasteiger partial charge in [0, 0.05) is 25.2 Å². The fraction of sp³-hybridized carbons (Fsp3) is 0.261. The highest BCUT2D eigenvalue weighted by Crippen LogP contribution is 2.27. The lowest BCUT2D eigenvalue weighted by Crippen LogP contribution is -2.36. The highest BCUT2D eigenvalue weighted by Gasteiger charge is 2.24. The van der Waals surface area contributed by atoms with Crippen LogP contribution in [0.1, 0.15) is 44.3 Å². The molecule has 2 N–H and O–H groups in total. The Labute approximate surface area is 170 Å². The monoisotopic (exact) mass is 390 g/mol. The van der Waals surface area contributed by atoms with E-state index in [-0.39, 0.29) is 17.9 Å². The first-order valence-corrected chi connectivity index (χ1v) is 9.47. The number of carbonyl (C=O) groups excluding carboxylic acids is 2. The third-order valence-electron chi connectivity index (χ3n) is 5.52. The first-order valence-electron chi connectivity index (χ1n) is 9.47. The number of rotatable bonds is 5. The SMILES string of the molecule is C=C(c1cc(C)c(C)cc1C(=O)NC)C(C)N(C)C(=O)c1ccc2nc[nH]c2c1. The average Bonchev–Trinajstić information content (AvgIpc) is 3.20. The van der Waals surface area contributed by atoms with E-state index in [1.807, 2.05) is 39.0 Å². The van der Waals surface area contributed by atoms with Crippen molar-refractivity contribution in [1.82, 2.24) is 20.2 Å². The molecule has 2 aromatic carbocycles.